The van der Waals surface area contributed by atoms with Crippen LogP contribution in [0.15, 0.2) is 12.5 Å². The second kappa shape index (κ2) is 4.10. The number of nitrogens with two attached hydrogens (primary N) is 1. The monoisotopic (exact) mass is 269 g/mol. The molecule has 1 saturated heterocycles. The maximum absolute atomic E-state index is 14.0. The molecule has 102 valence electrons. The summed E-state index contributed by atoms with van der Waals surface area (Å²) >= 11 is 0. The van der Waals surface area contributed by atoms with Gasteiger partial charge in [-0.3, -0.25) is 5.32 Å². The minimum Gasteiger partial charge on any atom is -0.395 e. The largest absolute Gasteiger partial charge is 0.395 e. The number of halogens is 2. The Bertz CT molecular complexity index is 614. The predicted molar refractivity (Wildman–Crippen MR) is 64.6 cm³/mol. The van der Waals surface area contributed by atoms with Gasteiger partial charge < -0.3 is 15.8 Å². The maximum atomic E-state index is 14.0. The molecule has 3 rings (SSSR count). The van der Waals surface area contributed by atoms with E-state index in [9.17, 15) is 8.78 Å². The molecule has 1 fully saturated rings. The van der Waals surface area contributed by atoms with Crippen LogP contribution in [0.25, 0.3) is 11.0 Å². The molecule has 0 aliphatic carbocycles. The normalized spacial score (nSPS) is 26.1. The molecule has 0 amide bonds. The fourth-order valence-corrected chi connectivity index (χ4v) is 2.50. The van der Waals surface area contributed by atoms with E-state index < -0.39 is 24.4 Å². The highest BCUT2D eigenvalue weighted by Crippen LogP contribution is 2.42. The van der Waals surface area contributed by atoms with Crippen LogP contribution in [0.1, 0.15) is 18.0 Å². The number of hydrogen-bond acceptors (Lipinski definition) is 5. The lowest BCUT2D eigenvalue weighted by molar-refractivity contribution is -0.0135. The zero-order valence-electron chi connectivity index (χ0n) is 9.90. The molecule has 6 nitrogen and oxygen atoms in total. The molecule has 0 radical (unpaired) electrons. The van der Waals surface area contributed by atoms with E-state index >= 15 is 0 Å². The fraction of sp³-hybridized carbons (Fsp3) is 0.455. The van der Waals surface area contributed by atoms with Gasteiger partial charge in [-0.25, -0.2) is 18.7 Å². The first-order chi connectivity index (χ1) is 9.03. The van der Waals surface area contributed by atoms with Crippen molar-refractivity contribution in [2.24, 2.45) is 0 Å². The van der Waals surface area contributed by atoms with Crippen molar-refractivity contribution in [1.82, 2.24) is 20.3 Å². The number of anilines is 1. The quantitative estimate of drug-likeness (QED) is 0.638. The molecule has 0 spiro atoms. The standard InChI is InChI=1S/C11H13F2N5O/c12-11(13)1-5(3-19)18-9(11)6-2-15-8-7(6)16-4-17-10(8)14/h2,4-5,9,15,18-19H,1,3H2,(H2,14,16,17). The summed E-state index contributed by atoms with van der Waals surface area (Å²) in [6.45, 7) is -0.328. The zero-order valence-corrected chi connectivity index (χ0v) is 9.90. The maximum Gasteiger partial charge on any atom is 0.268 e. The average Bonchev–Trinajstić information content (AvgIpc) is 2.90. The van der Waals surface area contributed by atoms with Gasteiger partial charge in [-0.15, -0.1) is 0 Å². The molecule has 0 saturated carbocycles. The lowest BCUT2D eigenvalue weighted by Gasteiger charge is -2.17. The summed E-state index contributed by atoms with van der Waals surface area (Å²) in [5, 5.41) is 11.7. The molecule has 3 heterocycles. The highest BCUT2D eigenvalue weighted by Gasteiger charge is 2.50. The molecule has 1 aliphatic heterocycles. The number of fused-ring (bicyclic) bond motifs is 1. The third kappa shape index (κ3) is 1.83. The first-order valence-electron chi connectivity index (χ1n) is 5.85. The van der Waals surface area contributed by atoms with Crippen LogP contribution in [0.5, 0.6) is 0 Å². The van der Waals surface area contributed by atoms with E-state index in [1.54, 1.807) is 0 Å². The molecule has 2 aromatic heterocycles. The summed E-state index contributed by atoms with van der Waals surface area (Å²) in [5.74, 6) is -2.72. The van der Waals surface area contributed by atoms with Gasteiger partial charge >= 0.3 is 0 Å². The molecule has 19 heavy (non-hydrogen) atoms. The Hall–Kier alpha value is -1.80. The van der Waals surface area contributed by atoms with Crippen LogP contribution in [0.4, 0.5) is 14.6 Å². The van der Waals surface area contributed by atoms with Crippen molar-refractivity contribution in [1.29, 1.82) is 0 Å². The third-order valence-corrected chi connectivity index (χ3v) is 3.40. The van der Waals surface area contributed by atoms with Crippen LogP contribution >= 0.6 is 0 Å². The number of alkyl halides is 2. The Labute approximate surface area is 107 Å². The van der Waals surface area contributed by atoms with E-state index in [2.05, 4.69) is 20.3 Å². The van der Waals surface area contributed by atoms with Crippen molar-refractivity contribution >= 4 is 16.9 Å². The van der Waals surface area contributed by atoms with Gasteiger partial charge in [0.2, 0.25) is 0 Å². The van der Waals surface area contributed by atoms with Crippen molar-refractivity contribution in [3.63, 3.8) is 0 Å². The van der Waals surface area contributed by atoms with Gasteiger partial charge in [0, 0.05) is 24.2 Å². The second-order valence-electron chi connectivity index (χ2n) is 4.67. The van der Waals surface area contributed by atoms with Gasteiger partial charge in [0.1, 0.15) is 17.9 Å². The number of nitrogens with one attached hydrogen (secondary N) is 2. The average molecular weight is 269 g/mol. The second-order valence-corrected chi connectivity index (χ2v) is 4.67. The molecule has 0 bridgehead atoms. The molecule has 5 N–H and O–H groups in total. The minimum atomic E-state index is -2.94. The summed E-state index contributed by atoms with van der Waals surface area (Å²) < 4.78 is 28.0. The number of aromatic nitrogens is 3. The van der Waals surface area contributed by atoms with E-state index in [1.165, 1.54) is 12.5 Å². The van der Waals surface area contributed by atoms with Crippen LogP contribution < -0.4 is 11.1 Å². The number of rotatable bonds is 2. The van der Waals surface area contributed by atoms with Gasteiger partial charge in [0.05, 0.1) is 12.1 Å². The topological polar surface area (TPSA) is 99.8 Å². The van der Waals surface area contributed by atoms with Crippen LogP contribution in [-0.2, 0) is 0 Å². The van der Waals surface area contributed by atoms with E-state index in [1.807, 2.05) is 0 Å². The summed E-state index contributed by atoms with van der Waals surface area (Å²) in [6.07, 6.45) is 2.30. The SMILES string of the molecule is Nc1ncnc2c(C3NC(CO)CC3(F)F)c[nH]c12. The first-order valence-corrected chi connectivity index (χ1v) is 5.85. The fourth-order valence-electron chi connectivity index (χ4n) is 2.50. The third-order valence-electron chi connectivity index (χ3n) is 3.40. The van der Waals surface area contributed by atoms with Crippen LogP contribution in [0.2, 0.25) is 0 Å². The van der Waals surface area contributed by atoms with Crippen molar-refractivity contribution in [3.8, 4) is 0 Å². The van der Waals surface area contributed by atoms with Gasteiger partial charge in [-0.2, -0.15) is 0 Å². The number of aliphatic hydroxyl groups excluding tert-OH is 1. The summed E-state index contributed by atoms with van der Waals surface area (Å²) in [7, 11) is 0. The Morgan fingerprint density at radius 2 is 2.26 bits per heavy atom. The highest BCUT2D eigenvalue weighted by atomic mass is 19.3. The smallest absolute Gasteiger partial charge is 0.268 e. The van der Waals surface area contributed by atoms with Gasteiger partial charge in [0.15, 0.2) is 5.82 Å². The van der Waals surface area contributed by atoms with Crippen molar-refractivity contribution in [3.05, 3.63) is 18.1 Å². The molecule has 1 aliphatic rings. The predicted octanol–water partition coefficient (Wildman–Crippen LogP) is 0.571. The number of nitrogens with zero attached hydrogens (tertiary/aromatic N) is 2. The van der Waals surface area contributed by atoms with Gasteiger partial charge in [-0.1, -0.05) is 0 Å². The highest BCUT2D eigenvalue weighted by molar-refractivity contribution is 5.87. The molecular formula is C11H13F2N5O. The van der Waals surface area contributed by atoms with Crippen molar-refractivity contribution < 1.29 is 13.9 Å². The molecule has 2 aromatic rings. The lowest BCUT2D eigenvalue weighted by Crippen LogP contribution is -2.29. The molecule has 2 atom stereocenters. The summed E-state index contributed by atoms with van der Waals surface area (Å²) in [4.78, 5) is 10.6. The summed E-state index contributed by atoms with van der Waals surface area (Å²) in [6, 6.07) is -1.81. The number of H-pyrrole nitrogens is 1. The van der Waals surface area contributed by atoms with E-state index in [4.69, 9.17) is 10.8 Å². The lowest BCUT2D eigenvalue weighted by atomic mass is 10.0. The first kappa shape index (κ1) is 12.2. The minimum absolute atomic E-state index is 0.219. The van der Waals surface area contributed by atoms with Gasteiger partial charge in [0.25, 0.3) is 5.92 Å². The molecule has 8 heteroatoms. The number of aliphatic hydroxyl groups is 1. The van der Waals surface area contributed by atoms with Crippen LogP contribution in [0.3, 0.4) is 0 Å². The molecule has 2 unspecified atom stereocenters. The van der Waals surface area contributed by atoms with Crippen molar-refractivity contribution in [2.45, 2.75) is 24.4 Å². The van der Waals surface area contributed by atoms with Crippen molar-refractivity contribution in [2.75, 3.05) is 12.3 Å². The molecule has 0 aromatic carbocycles. The molecular weight excluding hydrogens is 256 g/mol. The Balaban J connectivity index is 2.07. The zero-order chi connectivity index (χ0) is 13.6. The Morgan fingerprint density at radius 1 is 1.47 bits per heavy atom. The van der Waals surface area contributed by atoms with E-state index in [-0.39, 0.29) is 12.4 Å². The van der Waals surface area contributed by atoms with Crippen LogP contribution in [0, 0.1) is 0 Å². The van der Waals surface area contributed by atoms with E-state index in [0.717, 1.165) is 0 Å². The van der Waals surface area contributed by atoms with E-state index in [0.29, 0.717) is 16.6 Å². The summed E-state index contributed by atoms with van der Waals surface area (Å²) in [5.41, 5.74) is 6.82. The number of nitrogen functional groups attached to an aromatic ring is 1. The Kier molecular flexibility index (Phi) is 2.64. The number of hydrogen-bond donors (Lipinski definition) is 4. The number of aromatic amines is 1. The Morgan fingerprint density at radius 3 is 2.95 bits per heavy atom. The van der Waals surface area contributed by atoms with Crippen LogP contribution in [-0.4, -0.2) is 38.6 Å². The van der Waals surface area contributed by atoms with Gasteiger partial charge in [-0.05, 0) is 0 Å².